The number of anilines is 1. The number of para-hydroxylation sites is 1. The van der Waals surface area contributed by atoms with Crippen molar-refractivity contribution in [2.24, 2.45) is 0 Å². The molecule has 3 rings (SSSR count). The van der Waals surface area contributed by atoms with E-state index >= 15 is 0 Å². The SMILES string of the molecule is CC(=O)N1CCCCCCCN(C(=O)Cn2cc(C)cn2)Cc2ccccc21. The summed E-state index contributed by atoms with van der Waals surface area (Å²) in [4.78, 5) is 29.0. The number of nitrogens with zero attached hydrogens (tertiary/aromatic N) is 4. The molecule has 6 heteroatoms. The van der Waals surface area contributed by atoms with E-state index in [1.165, 1.54) is 0 Å². The maximum absolute atomic E-state index is 13.0. The van der Waals surface area contributed by atoms with Gasteiger partial charge in [-0.3, -0.25) is 14.3 Å². The van der Waals surface area contributed by atoms with Gasteiger partial charge in [0.2, 0.25) is 11.8 Å². The smallest absolute Gasteiger partial charge is 0.244 e. The summed E-state index contributed by atoms with van der Waals surface area (Å²) in [6.45, 7) is 5.80. The number of hydrogen-bond donors (Lipinski definition) is 0. The first-order chi connectivity index (χ1) is 13.5. The molecule has 1 aliphatic heterocycles. The van der Waals surface area contributed by atoms with Crippen LogP contribution >= 0.6 is 0 Å². The second-order valence-electron chi connectivity index (χ2n) is 7.60. The van der Waals surface area contributed by atoms with Crippen LogP contribution in [0.25, 0.3) is 0 Å². The molecule has 0 spiro atoms. The van der Waals surface area contributed by atoms with Gasteiger partial charge in [0, 0.05) is 38.4 Å². The fourth-order valence-electron chi connectivity index (χ4n) is 3.75. The topological polar surface area (TPSA) is 58.4 Å². The van der Waals surface area contributed by atoms with Gasteiger partial charge < -0.3 is 9.80 Å². The lowest BCUT2D eigenvalue weighted by Gasteiger charge is -2.29. The van der Waals surface area contributed by atoms with Crippen LogP contribution in [0, 0.1) is 6.92 Å². The summed E-state index contributed by atoms with van der Waals surface area (Å²) < 4.78 is 1.70. The molecule has 1 aliphatic rings. The molecule has 0 saturated heterocycles. The lowest BCUT2D eigenvalue weighted by Crippen LogP contribution is -2.36. The monoisotopic (exact) mass is 382 g/mol. The Bertz CT molecular complexity index is 814. The van der Waals surface area contributed by atoms with Gasteiger partial charge >= 0.3 is 0 Å². The van der Waals surface area contributed by atoms with E-state index in [4.69, 9.17) is 0 Å². The standard InChI is InChI=1S/C22H30N4O2/c1-18-14-23-25(15-18)17-22(28)24-12-8-4-3-5-9-13-26(19(2)27)21-11-7-6-10-20(21)16-24/h6-7,10-11,14-15H,3-5,8-9,12-13,16-17H2,1-2H3. The highest BCUT2D eigenvalue weighted by Gasteiger charge is 2.20. The zero-order valence-corrected chi connectivity index (χ0v) is 16.9. The van der Waals surface area contributed by atoms with Crippen molar-refractivity contribution in [1.82, 2.24) is 14.7 Å². The Morgan fingerprint density at radius 2 is 1.75 bits per heavy atom. The summed E-state index contributed by atoms with van der Waals surface area (Å²) in [7, 11) is 0. The highest BCUT2D eigenvalue weighted by molar-refractivity contribution is 5.92. The van der Waals surface area contributed by atoms with E-state index in [0.29, 0.717) is 6.54 Å². The molecule has 0 bridgehead atoms. The van der Waals surface area contributed by atoms with Gasteiger partial charge in [0.1, 0.15) is 6.54 Å². The highest BCUT2D eigenvalue weighted by Crippen LogP contribution is 2.24. The molecule has 2 aromatic rings. The summed E-state index contributed by atoms with van der Waals surface area (Å²) >= 11 is 0. The van der Waals surface area contributed by atoms with Crippen LogP contribution < -0.4 is 4.90 Å². The van der Waals surface area contributed by atoms with Crippen LogP contribution in [-0.2, 0) is 22.7 Å². The van der Waals surface area contributed by atoms with Gasteiger partial charge in [-0.2, -0.15) is 5.10 Å². The number of benzene rings is 1. The quantitative estimate of drug-likeness (QED) is 0.798. The Hall–Kier alpha value is -2.63. The molecule has 2 heterocycles. The molecule has 150 valence electrons. The summed E-state index contributed by atoms with van der Waals surface area (Å²) in [5.74, 6) is 0.110. The molecule has 1 aromatic carbocycles. The van der Waals surface area contributed by atoms with Gasteiger partial charge in [0.15, 0.2) is 0 Å². The van der Waals surface area contributed by atoms with Crippen LogP contribution in [0.4, 0.5) is 5.69 Å². The van der Waals surface area contributed by atoms with E-state index in [0.717, 1.165) is 62.0 Å². The van der Waals surface area contributed by atoms with Crippen LogP contribution in [-0.4, -0.2) is 39.6 Å². The molecular formula is C22H30N4O2. The van der Waals surface area contributed by atoms with Crippen molar-refractivity contribution >= 4 is 17.5 Å². The predicted octanol–water partition coefficient (Wildman–Crippen LogP) is 3.54. The Balaban J connectivity index is 1.85. The fourth-order valence-corrected chi connectivity index (χ4v) is 3.75. The first-order valence-corrected chi connectivity index (χ1v) is 10.2. The minimum Gasteiger partial charge on any atom is -0.337 e. The predicted molar refractivity (Wildman–Crippen MR) is 110 cm³/mol. The van der Waals surface area contributed by atoms with Crippen molar-refractivity contribution in [3.63, 3.8) is 0 Å². The third-order valence-corrected chi connectivity index (χ3v) is 5.25. The Labute approximate surface area is 167 Å². The Kier molecular flexibility index (Phi) is 6.85. The first-order valence-electron chi connectivity index (χ1n) is 10.2. The maximum atomic E-state index is 13.0. The largest absolute Gasteiger partial charge is 0.337 e. The zero-order valence-electron chi connectivity index (χ0n) is 16.9. The average molecular weight is 383 g/mol. The van der Waals surface area contributed by atoms with Gasteiger partial charge in [-0.05, 0) is 37.0 Å². The second kappa shape index (κ2) is 9.53. The minimum atomic E-state index is 0.0504. The fraction of sp³-hybridized carbons (Fsp3) is 0.500. The number of rotatable bonds is 2. The van der Waals surface area contributed by atoms with Crippen LogP contribution in [0.15, 0.2) is 36.7 Å². The third-order valence-electron chi connectivity index (χ3n) is 5.25. The van der Waals surface area contributed by atoms with Gasteiger partial charge in [-0.1, -0.05) is 37.5 Å². The van der Waals surface area contributed by atoms with E-state index in [-0.39, 0.29) is 18.4 Å². The van der Waals surface area contributed by atoms with E-state index in [9.17, 15) is 9.59 Å². The molecule has 0 radical (unpaired) electrons. The van der Waals surface area contributed by atoms with E-state index in [1.54, 1.807) is 17.8 Å². The normalized spacial score (nSPS) is 16.1. The van der Waals surface area contributed by atoms with E-state index in [2.05, 4.69) is 5.10 Å². The van der Waals surface area contributed by atoms with Gasteiger partial charge in [-0.15, -0.1) is 0 Å². The van der Waals surface area contributed by atoms with Crippen LogP contribution in [0.5, 0.6) is 0 Å². The number of carbonyl (C=O) groups is 2. The van der Waals surface area contributed by atoms with Crippen molar-refractivity contribution in [2.75, 3.05) is 18.0 Å². The lowest BCUT2D eigenvalue weighted by molar-refractivity contribution is -0.132. The number of aromatic nitrogens is 2. The van der Waals surface area contributed by atoms with Crippen molar-refractivity contribution in [3.05, 3.63) is 47.8 Å². The number of amides is 2. The Morgan fingerprint density at radius 1 is 1.04 bits per heavy atom. The average Bonchev–Trinajstić information content (AvgIpc) is 3.06. The van der Waals surface area contributed by atoms with Gasteiger partial charge in [0.05, 0.1) is 6.20 Å². The first kappa shape index (κ1) is 20.1. The molecule has 0 N–H and O–H groups in total. The number of hydrogen-bond acceptors (Lipinski definition) is 3. The molecule has 0 atom stereocenters. The molecule has 6 nitrogen and oxygen atoms in total. The zero-order chi connectivity index (χ0) is 19.9. The number of carbonyl (C=O) groups excluding carboxylic acids is 2. The number of fused-ring (bicyclic) bond motifs is 1. The van der Waals surface area contributed by atoms with Gasteiger partial charge in [-0.25, -0.2) is 0 Å². The number of aryl methyl sites for hydroxylation is 1. The van der Waals surface area contributed by atoms with Crippen LogP contribution in [0.2, 0.25) is 0 Å². The van der Waals surface area contributed by atoms with Crippen LogP contribution in [0.3, 0.4) is 0 Å². The van der Waals surface area contributed by atoms with Gasteiger partial charge in [0.25, 0.3) is 0 Å². The highest BCUT2D eigenvalue weighted by atomic mass is 16.2. The van der Waals surface area contributed by atoms with Crippen molar-refractivity contribution < 1.29 is 9.59 Å². The second-order valence-corrected chi connectivity index (χ2v) is 7.60. The molecule has 2 amide bonds. The third kappa shape index (κ3) is 5.21. The van der Waals surface area contributed by atoms with Crippen molar-refractivity contribution in [1.29, 1.82) is 0 Å². The van der Waals surface area contributed by atoms with E-state index < -0.39 is 0 Å². The molecule has 0 aliphatic carbocycles. The van der Waals surface area contributed by atoms with Crippen molar-refractivity contribution in [2.45, 2.75) is 59.0 Å². The molecule has 0 fully saturated rings. The molecule has 0 unspecified atom stereocenters. The Morgan fingerprint density at radius 3 is 2.46 bits per heavy atom. The summed E-state index contributed by atoms with van der Waals surface area (Å²) in [6, 6.07) is 7.94. The minimum absolute atomic E-state index is 0.0504. The van der Waals surface area contributed by atoms with Crippen molar-refractivity contribution in [3.8, 4) is 0 Å². The molecule has 0 saturated carbocycles. The van der Waals surface area contributed by atoms with E-state index in [1.807, 2.05) is 47.2 Å². The lowest BCUT2D eigenvalue weighted by atomic mass is 10.1. The summed E-state index contributed by atoms with van der Waals surface area (Å²) in [5, 5.41) is 4.25. The summed E-state index contributed by atoms with van der Waals surface area (Å²) in [5.41, 5.74) is 2.98. The summed E-state index contributed by atoms with van der Waals surface area (Å²) in [6.07, 6.45) is 9.01. The maximum Gasteiger partial charge on any atom is 0.244 e. The molecule has 1 aromatic heterocycles. The van der Waals surface area contributed by atoms with Crippen LogP contribution in [0.1, 0.15) is 50.2 Å². The molecular weight excluding hydrogens is 352 g/mol. The molecule has 28 heavy (non-hydrogen) atoms.